The summed E-state index contributed by atoms with van der Waals surface area (Å²) >= 11 is 7.01. The number of benzene rings is 1. The van der Waals surface area contributed by atoms with E-state index in [9.17, 15) is 5.21 Å². The van der Waals surface area contributed by atoms with Crippen LogP contribution in [0.3, 0.4) is 0 Å². The number of nitrogens with one attached hydrogen (secondary N) is 3. The van der Waals surface area contributed by atoms with Crippen molar-refractivity contribution in [2.45, 2.75) is 38.8 Å². The van der Waals surface area contributed by atoms with E-state index in [0.29, 0.717) is 11.7 Å². The first-order chi connectivity index (χ1) is 11.0. The highest BCUT2D eigenvalue weighted by Gasteiger charge is 2.22. The number of imidazole rings is 1. The lowest BCUT2D eigenvalue weighted by Gasteiger charge is -2.25. The number of piperidine rings is 1. The third-order valence-electron chi connectivity index (χ3n) is 4.18. The lowest BCUT2D eigenvalue weighted by Crippen LogP contribution is -2.36. The predicted molar refractivity (Wildman–Crippen MR) is 100 cm³/mol. The van der Waals surface area contributed by atoms with Crippen molar-refractivity contribution in [2.75, 3.05) is 23.9 Å². The van der Waals surface area contributed by atoms with Crippen LogP contribution in [0.5, 0.6) is 0 Å². The number of nitrogens with zero attached hydrogens (tertiary/aromatic N) is 2. The summed E-state index contributed by atoms with van der Waals surface area (Å²) in [5, 5.41) is 16.5. The molecule has 0 spiro atoms. The number of rotatable bonds is 4. The van der Waals surface area contributed by atoms with Crippen molar-refractivity contribution >= 4 is 54.5 Å². The fraction of sp³-hybridized carbons (Fsp3) is 0.533. The Morgan fingerprint density at radius 3 is 2.65 bits per heavy atom. The number of anilines is 2. The van der Waals surface area contributed by atoms with Gasteiger partial charge in [0, 0.05) is 16.6 Å². The van der Waals surface area contributed by atoms with Crippen LogP contribution in [0.2, 0.25) is 0 Å². The number of hydrogen-bond acceptors (Lipinski definition) is 5. The SMILES string of the molecule is CC(C)n1c(NC2CCNCC2)nc2c(NO)c(Br)c(Br)cc21. The molecule has 8 heteroatoms. The van der Waals surface area contributed by atoms with Gasteiger partial charge in [0.1, 0.15) is 11.2 Å². The minimum atomic E-state index is 0.254. The molecule has 4 N–H and O–H groups in total. The number of fused-ring (bicyclic) bond motifs is 1. The molecule has 6 nitrogen and oxygen atoms in total. The highest BCUT2D eigenvalue weighted by Crippen LogP contribution is 2.39. The second-order valence-corrected chi connectivity index (χ2v) is 7.74. The van der Waals surface area contributed by atoms with Crippen LogP contribution in [-0.4, -0.2) is 33.9 Å². The Bertz CT molecular complexity index is 710. The van der Waals surface area contributed by atoms with Crippen molar-refractivity contribution in [3.8, 4) is 0 Å². The minimum absolute atomic E-state index is 0.254. The summed E-state index contributed by atoms with van der Waals surface area (Å²) in [5.41, 5.74) is 4.56. The van der Waals surface area contributed by atoms with E-state index in [1.807, 2.05) is 6.07 Å². The van der Waals surface area contributed by atoms with Gasteiger partial charge in [-0.2, -0.15) is 0 Å². The van der Waals surface area contributed by atoms with E-state index in [2.05, 4.69) is 66.4 Å². The zero-order valence-corrected chi connectivity index (χ0v) is 16.3. The maximum absolute atomic E-state index is 9.52. The Morgan fingerprint density at radius 2 is 2.04 bits per heavy atom. The topological polar surface area (TPSA) is 74.1 Å². The van der Waals surface area contributed by atoms with Crippen LogP contribution in [0.1, 0.15) is 32.7 Å². The van der Waals surface area contributed by atoms with Crippen molar-refractivity contribution in [1.82, 2.24) is 14.9 Å². The van der Waals surface area contributed by atoms with Crippen LogP contribution >= 0.6 is 31.9 Å². The summed E-state index contributed by atoms with van der Waals surface area (Å²) in [7, 11) is 0. The van der Waals surface area contributed by atoms with Gasteiger partial charge in [0.05, 0.1) is 9.99 Å². The molecule has 0 aliphatic carbocycles. The summed E-state index contributed by atoms with van der Waals surface area (Å²) < 4.78 is 3.81. The quantitative estimate of drug-likeness (QED) is 0.532. The molecule has 1 aromatic heterocycles. The van der Waals surface area contributed by atoms with E-state index < -0.39 is 0 Å². The lowest BCUT2D eigenvalue weighted by molar-refractivity contribution is 0.389. The van der Waals surface area contributed by atoms with Gasteiger partial charge in [-0.1, -0.05) is 0 Å². The molecule has 126 valence electrons. The average molecular weight is 447 g/mol. The van der Waals surface area contributed by atoms with Crippen LogP contribution in [0.15, 0.2) is 15.0 Å². The molecule has 0 amide bonds. The van der Waals surface area contributed by atoms with E-state index in [1.165, 1.54) is 0 Å². The molecule has 0 unspecified atom stereocenters. The third-order valence-corrected chi connectivity index (χ3v) is 6.16. The van der Waals surface area contributed by atoms with Gasteiger partial charge in [0.2, 0.25) is 5.95 Å². The van der Waals surface area contributed by atoms with Crippen molar-refractivity contribution in [3.05, 3.63) is 15.0 Å². The molecule has 2 aromatic rings. The lowest BCUT2D eigenvalue weighted by atomic mass is 10.1. The second-order valence-electron chi connectivity index (χ2n) is 6.09. The minimum Gasteiger partial charge on any atom is -0.353 e. The van der Waals surface area contributed by atoms with Gasteiger partial charge in [0.15, 0.2) is 0 Å². The van der Waals surface area contributed by atoms with Gasteiger partial charge >= 0.3 is 0 Å². The Labute approximate surface area is 152 Å². The number of aromatic nitrogens is 2. The largest absolute Gasteiger partial charge is 0.353 e. The maximum atomic E-state index is 9.52. The first-order valence-electron chi connectivity index (χ1n) is 7.80. The Morgan fingerprint density at radius 1 is 1.35 bits per heavy atom. The van der Waals surface area contributed by atoms with Gasteiger partial charge in [-0.05, 0) is 77.7 Å². The molecular weight excluding hydrogens is 426 g/mol. The molecule has 1 saturated heterocycles. The average Bonchev–Trinajstić information content (AvgIpc) is 2.87. The van der Waals surface area contributed by atoms with Crippen LogP contribution in [0, 0.1) is 0 Å². The van der Waals surface area contributed by atoms with Gasteiger partial charge < -0.3 is 15.2 Å². The first kappa shape index (κ1) is 17.0. The monoisotopic (exact) mass is 445 g/mol. The summed E-state index contributed by atoms with van der Waals surface area (Å²) in [6.45, 7) is 6.33. The fourth-order valence-corrected chi connectivity index (χ4v) is 3.86. The number of hydrogen-bond donors (Lipinski definition) is 4. The van der Waals surface area contributed by atoms with Crippen LogP contribution in [0.25, 0.3) is 11.0 Å². The van der Waals surface area contributed by atoms with Crippen molar-refractivity contribution < 1.29 is 5.21 Å². The Hall–Kier alpha value is -0.830. The van der Waals surface area contributed by atoms with Gasteiger partial charge in [-0.25, -0.2) is 4.98 Å². The van der Waals surface area contributed by atoms with E-state index in [-0.39, 0.29) is 6.04 Å². The van der Waals surface area contributed by atoms with E-state index in [4.69, 9.17) is 4.98 Å². The predicted octanol–water partition coefficient (Wildman–Crippen LogP) is 4.11. The molecule has 2 heterocycles. The summed E-state index contributed by atoms with van der Waals surface area (Å²) in [4.78, 5) is 4.76. The molecule has 1 fully saturated rings. The zero-order valence-electron chi connectivity index (χ0n) is 13.2. The van der Waals surface area contributed by atoms with Gasteiger partial charge in [-0.15, -0.1) is 0 Å². The molecule has 1 aliphatic heterocycles. The van der Waals surface area contributed by atoms with Gasteiger partial charge in [0.25, 0.3) is 0 Å². The molecule has 3 rings (SSSR count). The maximum Gasteiger partial charge on any atom is 0.204 e. The molecule has 0 saturated carbocycles. The van der Waals surface area contributed by atoms with Crippen molar-refractivity contribution in [2.24, 2.45) is 0 Å². The summed E-state index contributed by atoms with van der Waals surface area (Å²) in [6.07, 6.45) is 2.17. The van der Waals surface area contributed by atoms with E-state index >= 15 is 0 Å². The van der Waals surface area contributed by atoms with E-state index in [1.54, 1.807) is 0 Å². The molecule has 0 radical (unpaired) electrons. The molecule has 23 heavy (non-hydrogen) atoms. The number of halogens is 2. The van der Waals surface area contributed by atoms with Gasteiger partial charge in [-0.3, -0.25) is 10.7 Å². The fourth-order valence-electron chi connectivity index (χ4n) is 3.05. The standard InChI is InChI=1S/C15H21Br2N5O/c1-8(2)22-11-7-10(16)12(17)14(21-23)13(11)20-15(22)19-9-3-5-18-6-4-9/h7-9,18,21,23H,3-6H2,1-2H3,(H,19,20). The Kier molecular flexibility index (Phi) is 5.15. The first-order valence-corrected chi connectivity index (χ1v) is 9.38. The molecule has 0 bridgehead atoms. The van der Waals surface area contributed by atoms with Crippen LogP contribution in [-0.2, 0) is 0 Å². The summed E-state index contributed by atoms with van der Waals surface area (Å²) in [5.74, 6) is 0.850. The smallest absolute Gasteiger partial charge is 0.204 e. The van der Waals surface area contributed by atoms with Crippen molar-refractivity contribution in [3.63, 3.8) is 0 Å². The zero-order chi connectivity index (χ0) is 16.6. The molecule has 0 atom stereocenters. The molecule has 1 aromatic carbocycles. The van der Waals surface area contributed by atoms with Crippen molar-refractivity contribution in [1.29, 1.82) is 0 Å². The molecule has 1 aliphatic rings. The highest BCUT2D eigenvalue weighted by atomic mass is 79.9. The normalized spacial score (nSPS) is 16.3. The third kappa shape index (κ3) is 3.22. The Balaban J connectivity index is 2.11. The highest BCUT2D eigenvalue weighted by molar-refractivity contribution is 9.13. The summed E-state index contributed by atoms with van der Waals surface area (Å²) in [6, 6.07) is 2.70. The second kappa shape index (κ2) is 6.96. The van der Waals surface area contributed by atoms with Crippen LogP contribution in [0.4, 0.5) is 11.6 Å². The van der Waals surface area contributed by atoms with Crippen LogP contribution < -0.4 is 16.1 Å². The van der Waals surface area contributed by atoms with E-state index in [0.717, 1.165) is 51.9 Å². The molecular formula is C15H21Br2N5O.